The topological polar surface area (TPSA) is 52.7 Å². The summed E-state index contributed by atoms with van der Waals surface area (Å²) in [5.41, 5.74) is 0. The molecule has 0 atom stereocenters. The third-order valence-corrected chi connectivity index (χ3v) is 4.95. The van der Waals surface area contributed by atoms with Crippen LogP contribution in [0.2, 0.25) is 0 Å². The maximum atomic E-state index is 12.0. The molecule has 2 heterocycles. The van der Waals surface area contributed by atoms with E-state index in [9.17, 15) is 9.59 Å². The van der Waals surface area contributed by atoms with Crippen LogP contribution >= 0.6 is 0 Å². The summed E-state index contributed by atoms with van der Waals surface area (Å²) in [6.07, 6.45) is 5.62. The van der Waals surface area contributed by atoms with Gasteiger partial charge in [0.05, 0.1) is 0 Å². The van der Waals surface area contributed by atoms with Crippen LogP contribution in [0.5, 0.6) is 0 Å². The Morgan fingerprint density at radius 3 is 2.36 bits per heavy atom. The van der Waals surface area contributed by atoms with E-state index >= 15 is 0 Å². The van der Waals surface area contributed by atoms with E-state index in [1.165, 1.54) is 32.5 Å². The average Bonchev–Trinajstić information content (AvgIpc) is 2.54. The smallest absolute Gasteiger partial charge is 0.223 e. The number of carbonyl (C=O) groups excluding carboxylic acids is 2. The minimum Gasteiger partial charge on any atom is -0.343 e. The standard InChI is InChI=1S/C17H31N3O2/c1-15(21)4-5-17(22)20-11-6-16(7-12-20)3-2-10-19-13-8-18-9-14-19/h16,18H,2-14H2,1H3. The molecular formula is C17H31N3O2. The quantitative estimate of drug-likeness (QED) is 0.770. The molecule has 1 amide bonds. The lowest BCUT2D eigenvalue weighted by molar-refractivity contribution is -0.134. The fraction of sp³-hybridized carbons (Fsp3) is 0.882. The number of hydrogen-bond donors (Lipinski definition) is 1. The van der Waals surface area contributed by atoms with Gasteiger partial charge in [0, 0.05) is 52.1 Å². The lowest BCUT2D eigenvalue weighted by Crippen LogP contribution is -2.44. The maximum absolute atomic E-state index is 12.0. The molecule has 2 fully saturated rings. The molecule has 0 radical (unpaired) electrons. The molecule has 22 heavy (non-hydrogen) atoms. The monoisotopic (exact) mass is 309 g/mol. The van der Waals surface area contributed by atoms with Gasteiger partial charge in [-0.2, -0.15) is 0 Å². The van der Waals surface area contributed by atoms with Gasteiger partial charge in [-0.05, 0) is 45.1 Å². The maximum Gasteiger partial charge on any atom is 0.223 e. The summed E-state index contributed by atoms with van der Waals surface area (Å²) in [5.74, 6) is 1.05. The van der Waals surface area contributed by atoms with Gasteiger partial charge in [-0.1, -0.05) is 0 Å². The second-order valence-electron chi connectivity index (χ2n) is 6.76. The van der Waals surface area contributed by atoms with Crippen LogP contribution in [0.3, 0.4) is 0 Å². The molecule has 126 valence electrons. The van der Waals surface area contributed by atoms with Gasteiger partial charge >= 0.3 is 0 Å². The van der Waals surface area contributed by atoms with E-state index < -0.39 is 0 Å². The van der Waals surface area contributed by atoms with Gasteiger partial charge in [0.1, 0.15) is 5.78 Å². The highest BCUT2D eigenvalue weighted by atomic mass is 16.2. The number of rotatable bonds is 7. The Morgan fingerprint density at radius 2 is 1.73 bits per heavy atom. The van der Waals surface area contributed by atoms with Gasteiger partial charge in [0.25, 0.3) is 0 Å². The molecule has 0 saturated carbocycles. The van der Waals surface area contributed by atoms with Crippen LogP contribution < -0.4 is 5.32 Å². The molecule has 2 aliphatic heterocycles. The Kier molecular flexibility index (Phi) is 7.33. The molecule has 0 aromatic heterocycles. The van der Waals surface area contributed by atoms with Crippen molar-refractivity contribution in [3.05, 3.63) is 0 Å². The molecule has 1 N–H and O–H groups in total. The molecule has 2 saturated heterocycles. The average molecular weight is 309 g/mol. The first-order valence-electron chi connectivity index (χ1n) is 8.85. The number of piperidine rings is 1. The number of hydrogen-bond acceptors (Lipinski definition) is 4. The number of Topliss-reactive ketones (excluding diaryl/α,β-unsaturated/α-hetero) is 1. The molecule has 0 unspecified atom stereocenters. The Labute approximate surface area is 134 Å². The molecule has 5 heteroatoms. The second kappa shape index (κ2) is 9.26. The van der Waals surface area contributed by atoms with Crippen LogP contribution in [0.1, 0.15) is 45.4 Å². The van der Waals surface area contributed by atoms with Crippen molar-refractivity contribution in [3.8, 4) is 0 Å². The van der Waals surface area contributed by atoms with Crippen molar-refractivity contribution in [2.45, 2.75) is 45.4 Å². The van der Waals surface area contributed by atoms with Crippen LogP contribution in [0, 0.1) is 5.92 Å². The van der Waals surface area contributed by atoms with E-state index in [-0.39, 0.29) is 11.7 Å². The van der Waals surface area contributed by atoms with Crippen molar-refractivity contribution in [1.82, 2.24) is 15.1 Å². The molecule has 0 aromatic carbocycles. The fourth-order valence-electron chi connectivity index (χ4n) is 3.45. The first-order chi connectivity index (χ1) is 10.6. The third kappa shape index (κ3) is 6.05. The summed E-state index contributed by atoms with van der Waals surface area (Å²) in [6, 6.07) is 0. The van der Waals surface area contributed by atoms with E-state index in [0.717, 1.165) is 44.9 Å². The normalized spacial score (nSPS) is 21.0. The van der Waals surface area contributed by atoms with E-state index in [4.69, 9.17) is 0 Å². The molecular weight excluding hydrogens is 278 g/mol. The highest BCUT2D eigenvalue weighted by Crippen LogP contribution is 2.22. The van der Waals surface area contributed by atoms with Gasteiger partial charge in [0.2, 0.25) is 5.91 Å². The van der Waals surface area contributed by atoms with Crippen molar-refractivity contribution < 1.29 is 9.59 Å². The van der Waals surface area contributed by atoms with Gasteiger partial charge in [-0.15, -0.1) is 0 Å². The van der Waals surface area contributed by atoms with Crippen LogP contribution in [0.4, 0.5) is 0 Å². The lowest BCUT2D eigenvalue weighted by Gasteiger charge is -2.33. The summed E-state index contributed by atoms with van der Waals surface area (Å²) < 4.78 is 0. The van der Waals surface area contributed by atoms with Gasteiger partial charge < -0.3 is 19.9 Å². The highest BCUT2D eigenvalue weighted by Gasteiger charge is 2.22. The van der Waals surface area contributed by atoms with Crippen molar-refractivity contribution in [2.24, 2.45) is 5.92 Å². The van der Waals surface area contributed by atoms with E-state index in [1.807, 2.05) is 4.90 Å². The van der Waals surface area contributed by atoms with E-state index in [0.29, 0.717) is 12.8 Å². The number of piperazine rings is 1. The zero-order chi connectivity index (χ0) is 15.8. The highest BCUT2D eigenvalue weighted by molar-refractivity contribution is 5.83. The summed E-state index contributed by atoms with van der Waals surface area (Å²) in [6.45, 7) is 9.16. The number of nitrogens with one attached hydrogen (secondary N) is 1. The predicted octanol–water partition coefficient (Wildman–Crippen LogP) is 1.28. The van der Waals surface area contributed by atoms with Crippen LogP contribution in [0.15, 0.2) is 0 Å². The Balaban J connectivity index is 1.56. The fourth-order valence-corrected chi connectivity index (χ4v) is 3.45. The minimum atomic E-state index is 0.108. The van der Waals surface area contributed by atoms with E-state index in [1.54, 1.807) is 6.92 Å². The Bertz CT molecular complexity index is 359. The predicted molar refractivity (Wildman–Crippen MR) is 87.8 cm³/mol. The second-order valence-corrected chi connectivity index (χ2v) is 6.76. The molecule has 0 aromatic rings. The molecule has 0 aliphatic carbocycles. The van der Waals surface area contributed by atoms with Gasteiger partial charge in [-0.3, -0.25) is 4.79 Å². The number of ketones is 1. The number of carbonyl (C=O) groups is 2. The van der Waals surface area contributed by atoms with Crippen LogP contribution in [-0.2, 0) is 9.59 Å². The minimum absolute atomic E-state index is 0.108. The largest absolute Gasteiger partial charge is 0.343 e. The Hall–Kier alpha value is -0.940. The van der Waals surface area contributed by atoms with Gasteiger partial charge in [-0.25, -0.2) is 0 Å². The number of nitrogens with zero attached hydrogens (tertiary/aromatic N) is 2. The summed E-state index contributed by atoms with van der Waals surface area (Å²) in [4.78, 5) is 27.5. The van der Waals surface area contributed by atoms with E-state index in [2.05, 4.69) is 10.2 Å². The van der Waals surface area contributed by atoms with Crippen LogP contribution in [-0.4, -0.2) is 67.3 Å². The van der Waals surface area contributed by atoms with Crippen molar-refractivity contribution in [1.29, 1.82) is 0 Å². The number of likely N-dealkylation sites (tertiary alicyclic amines) is 1. The summed E-state index contributed by atoms with van der Waals surface area (Å²) in [5, 5.41) is 3.39. The van der Waals surface area contributed by atoms with Crippen LogP contribution in [0.25, 0.3) is 0 Å². The lowest BCUT2D eigenvalue weighted by atomic mass is 9.92. The molecule has 5 nitrogen and oxygen atoms in total. The first kappa shape index (κ1) is 17.4. The summed E-state index contributed by atoms with van der Waals surface area (Å²) >= 11 is 0. The zero-order valence-electron chi connectivity index (χ0n) is 14.0. The Morgan fingerprint density at radius 1 is 1.05 bits per heavy atom. The third-order valence-electron chi connectivity index (χ3n) is 4.95. The molecule has 2 rings (SSSR count). The van der Waals surface area contributed by atoms with Crippen molar-refractivity contribution >= 4 is 11.7 Å². The number of amides is 1. The molecule has 0 spiro atoms. The summed E-state index contributed by atoms with van der Waals surface area (Å²) in [7, 11) is 0. The van der Waals surface area contributed by atoms with Crippen molar-refractivity contribution in [3.63, 3.8) is 0 Å². The first-order valence-corrected chi connectivity index (χ1v) is 8.85. The van der Waals surface area contributed by atoms with Crippen molar-refractivity contribution in [2.75, 3.05) is 45.8 Å². The molecule has 0 bridgehead atoms. The molecule has 2 aliphatic rings. The van der Waals surface area contributed by atoms with Gasteiger partial charge in [0.15, 0.2) is 0 Å². The SMILES string of the molecule is CC(=O)CCC(=O)N1CCC(CCCN2CCNCC2)CC1. The zero-order valence-corrected chi connectivity index (χ0v) is 14.0.